The predicted octanol–water partition coefficient (Wildman–Crippen LogP) is 2.29. The lowest BCUT2D eigenvalue weighted by Gasteiger charge is -2.16. The zero-order valence-corrected chi connectivity index (χ0v) is 16.6. The van der Waals surface area contributed by atoms with E-state index in [9.17, 15) is 18.0 Å². The highest BCUT2D eigenvalue weighted by Gasteiger charge is 2.41. The highest BCUT2D eigenvalue weighted by Crippen LogP contribution is 2.30. The third-order valence-electron chi connectivity index (χ3n) is 5.16. The monoisotopic (exact) mass is 423 g/mol. The Morgan fingerprint density at radius 1 is 1.07 bits per heavy atom. The van der Waals surface area contributed by atoms with Crippen molar-refractivity contribution in [2.45, 2.75) is 18.1 Å². The lowest BCUT2D eigenvalue weighted by molar-refractivity contribution is -0.116. The van der Waals surface area contributed by atoms with E-state index in [4.69, 9.17) is 4.74 Å². The normalized spacial score (nSPS) is 16.4. The first-order chi connectivity index (χ1) is 14.4. The Balaban J connectivity index is 1.36. The van der Waals surface area contributed by atoms with Crippen molar-refractivity contribution < 1.29 is 22.7 Å². The molecule has 0 saturated carbocycles. The van der Waals surface area contributed by atoms with Gasteiger partial charge in [0.25, 0.3) is 15.9 Å². The molecular weight excluding hydrogens is 406 g/mol. The van der Waals surface area contributed by atoms with Gasteiger partial charge in [-0.25, -0.2) is 12.7 Å². The van der Waals surface area contributed by atoms with Crippen LogP contribution in [0.4, 0.5) is 5.69 Å². The molecule has 0 saturated heterocycles. The number of hydrogen-bond acceptors (Lipinski definition) is 5. The minimum absolute atomic E-state index is 0.0764. The second-order valence-electron chi connectivity index (χ2n) is 7.07. The average molecular weight is 423 g/mol. The van der Waals surface area contributed by atoms with Crippen molar-refractivity contribution in [1.29, 1.82) is 0 Å². The van der Waals surface area contributed by atoms with Crippen LogP contribution < -0.4 is 5.32 Å². The van der Waals surface area contributed by atoms with Gasteiger partial charge in [-0.1, -0.05) is 12.1 Å². The van der Waals surface area contributed by atoms with Gasteiger partial charge in [0.2, 0.25) is 5.91 Å². The summed E-state index contributed by atoms with van der Waals surface area (Å²) in [5.74, 6) is -1.30. The Morgan fingerprint density at radius 3 is 2.73 bits per heavy atom. The fraction of sp³-hybridized carbons (Fsp3) is 0.143. The van der Waals surface area contributed by atoms with Crippen LogP contribution in [0.3, 0.4) is 0 Å². The molecule has 0 aliphatic carbocycles. The van der Waals surface area contributed by atoms with Gasteiger partial charge in [-0.2, -0.15) is 0 Å². The molecule has 0 fully saturated rings. The van der Waals surface area contributed by atoms with Crippen LogP contribution in [0.25, 0.3) is 5.69 Å². The van der Waals surface area contributed by atoms with Crippen LogP contribution in [0.5, 0.6) is 0 Å². The number of rotatable bonds is 3. The Hall–Kier alpha value is -3.43. The Labute approximate surface area is 172 Å². The summed E-state index contributed by atoms with van der Waals surface area (Å²) >= 11 is 0. The summed E-state index contributed by atoms with van der Waals surface area (Å²) in [6.45, 7) is 0.277. The summed E-state index contributed by atoms with van der Waals surface area (Å²) in [4.78, 5) is 24.9. The fourth-order valence-electron chi connectivity index (χ4n) is 3.77. The topological polar surface area (TPSA) is 97.7 Å². The standard InChI is InChI=1S/C21H17N3O5S/c25-20(11-24-21(26)17-5-1-2-6-19(17)30(24,27)28)22-15-7-8-18-14(10-15)12-29-13-16-4-3-9-23(16)18/h1-10H,11-13H2,(H,22,25). The molecule has 5 rings (SSSR count). The van der Waals surface area contributed by atoms with Gasteiger partial charge in [0, 0.05) is 23.1 Å². The zero-order chi connectivity index (χ0) is 20.9. The number of aromatic nitrogens is 1. The second kappa shape index (κ2) is 6.82. The first-order valence-corrected chi connectivity index (χ1v) is 10.7. The average Bonchev–Trinajstić information content (AvgIpc) is 3.20. The van der Waals surface area contributed by atoms with Crippen molar-refractivity contribution in [2.24, 2.45) is 0 Å². The number of sulfonamides is 1. The van der Waals surface area contributed by atoms with Gasteiger partial charge in [0.1, 0.15) is 11.4 Å². The summed E-state index contributed by atoms with van der Waals surface area (Å²) in [5.41, 5.74) is 3.45. The van der Waals surface area contributed by atoms with Gasteiger partial charge < -0.3 is 14.6 Å². The number of hydrogen-bond donors (Lipinski definition) is 1. The molecule has 8 nitrogen and oxygen atoms in total. The number of amides is 2. The van der Waals surface area contributed by atoms with Crippen molar-refractivity contribution in [2.75, 3.05) is 11.9 Å². The molecule has 3 aromatic rings. The Kier molecular flexibility index (Phi) is 4.23. The van der Waals surface area contributed by atoms with E-state index in [1.54, 1.807) is 24.3 Å². The number of carbonyl (C=O) groups excluding carboxylic acids is 2. The molecule has 0 bridgehead atoms. The van der Waals surface area contributed by atoms with Crippen LogP contribution in [0.2, 0.25) is 0 Å². The van der Waals surface area contributed by atoms with Crippen molar-refractivity contribution in [3.63, 3.8) is 0 Å². The third-order valence-corrected chi connectivity index (χ3v) is 6.95. The van der Waals surface area contributed by atoms with Crippen LogP contribution >= 0.6 is 0 Å². The SMILES string of the molecule is O=C(CN1C(=O)c2ccccc2S1(=O)=O)Nc1ccc2c(c1)COCc1cccn1-2. The van der Waals surface area contributed by atoms with Gasteiger partial charge in [0.05, 0.1) is 24.5 Å². The zero-order valence-electron chi connectivity index (χ0n) is 15.7. The van der Waals surface area contributed by atoms with E-state index in [-0.39, 0.29) is 10.5 Å². The lowest BCUT2D eigenvalue weighted by atomic mass is 10.1. The van der Waals surface area contributed by atoms with Crippen LogP contribution in [-0.4, -0.2) is 35.6 Å². The van der Waals surface area contributed by atoms with Crippen molar-refractivity contribution in [3.05, 3.63) is 77.6 Å². The Morgan fingerprint density at radius 2 is 1.90 bits per heavy atom. The summed E-state index contributed by atoms with van der Waals surface area (Å²) in [6, 6.07) is 15.3. The molecule has 30 heavy (non-hydrogen) atoms. The van der Waals surface area contributed by atoms with E-state index in [2.05, 4.69) is 5.32 Å². The number of anilines is 1. The van der Waals surface area contributed by atoms with E-state index >= 15 is 0 Å². The van der Waals surface area contributed by atoms with Crippen LogP contribution in [-0.2, 0) is 32.8 Å². The number of fused-ring (bicyclic) bond motifs is 4. The highest BCUT2D eigenvalue weighted by molar-refractivity contribution is 7.90. The molecular formula is C21H17N3O5S. The summed E-state index contributed by atoms with van der Waals surface area (Å²) in [7, 11) is -4.03. The number of ether oxygens (including phenoxy) is 1. The fourth-order valence-corrected chi connectivity index (χ4v) is 5.29. The molecule has 1 aromatic heterocycles. The van der Waals surface area contributed by atoms with E-state index in [0.717, 1.165) is 16.9 Å². The molecule has 9 heteroatoms. The molecule has 3 heterocycles. The Bertz CT molecular complexity index is 1300. The van der Waals surface area contributed by atoms with Crippen molar-refractivity contribution >= 4 is 27.5 Å². The van der Waals surface area contributed by atoms with E-state index in [1.165, 1.54) is 12.1 Å². The quantitative estimate of drug-likeness (QED) is 0.697. The van der Waals surface area contributed by atoms with E-state index < -0.39 is 28.4 Å². The first-order valence-electron chi connectivity index (χ1n) is 9.28. The van der Waals surface area contributed by atoms with Gasteiger partial charge in [-0.05, 0) is 42.5 Å². The molecule has 2 aliphatic heterocycles. The summed E-state index contributed by atoms with van der Waals surface area (Å²) < 4.78 is 33.5. The number of nitrogens with one attached hydrogen (secondary N) is 1. The molecule has 0 spiro atoms. The van der Waals surface area contributed by atoms with Gasteiger partial charge in [-0.15, -0.1) is 0 Å². The maximum Gasteiger partial charge on any atom is 0.269 e. The molecule has 0 radical (unpaired) electrons. The number of nitrogens with zero attached hydrogens (tertiary/aromatic N) is 2. The molecule has 1 N–H and O–H groups in total. The second-order valence-corrected chi connectivity index (χ2v) is 8.90. The highest BCUT2D eigenvalue weighted by atomic mass is 32.2. The first kappa shape index (κ1) is 18.6. The maximum atomic E-state index is 12.6. The van der Waals surface area contributed by atoms with Crippen molar-refractivity contribution in [3.8, 4) is 5.69 Å². The van der Waals surface area contributed by atoms with E-state index in [1.807, 2.05) is 29.0 Å². The minimum atomic E-state index is -4.03. The van der Waals surface area contributed by atoms with Crippen LogP contribution in [0.1, 0.15) is 21.6 Å². The summed E-state index contributed by atoms with van der Waals surface area (Å²) in [6.07, 6.45) is 1.95. The van der Waals surface area contributed by atoms with Crippen LogP contribution in [0.15, 0.2) is 65.7 Å². The molecule has 2 amide bonds. The molecule has 2 aliphatic rings. The van der Waals surface area contributed by atoms with E-state index in [0.29, 0.717) is 23.2 Å². The minimum Gasteiger partial charge on any atom is -0.370 e. The van der Waals surface area contributed by atoms with Gasteiger partial charge >= 0.3 is 0 Å². The third kappa shape index (κ3) is 2.90. The lowest BCUT2D eigenvalue weighted by Crippen LogP contribution is -2.37. The van der Waals surface area contributed by atoms with Gasteiger partial charge in [0.15, 0.2) is 0 Å². The summed E-state index contributed by atoms with van der Waals surface area (Å²) in [5, 5.41) is 2.68. The van der Waals surface area contributed by atoms with Crippen molar-refractivity contribution in [1.82, 2.24) is 8.87 Å². The molecule has 2 aromatic carbocycles. The molecule has 0 unspecified atom stereocenters. The number of benzene rings is 2. The number of carbonyl (C=O) groups is 2. The van der Waals surface area contributed by atoms with Crippen LogP contribution in [0, 0.1) is 0 Å². The molecule has 152 valence electrons. The maximum absolute atomic E-state index is 12.6. The predicted molar refractivity (Wildman–Crippen MR) is 108 cm³/mol. The smallest absolute Gasteiger partial charge is 0.269 e. The largest absolute Gasteiger partial charge is 0.370 e. The van der Waals surface area contributed by atoms with Gasteiger partial charge in [-0.3, -0.25) is 9.59 Å². The molecule has 0 atom stereocenters.